The van der Waals surface area contributed by atoms with Crippen LogP contribution >= 0.6 is 12.4 Å². The van der Waals surface area contributed by atoms with Gasteiger partial charge in [-0.15, -0.1) is 12.4 Å². The molecule has 1 aromatic carbocycles. The van der Waals surface area contributed by atoms with Gasteiger partial charge in [0.15, 0.2) is 0 Å². The molecule has 1 aromatic rings. The molecule has 1 aliphatic heterocycles. The van der Waals surface area contributed by atoms with E-state index in [1.807, 2.05) is 18.2 Å². The second-order valence-electron chi connectivity index (χ2n) is 5.30. The number of nitrogens with zero attached hydrogens (tertiary/aromatic N) is 2. The van der Waals surface area contributed by atoms with Gasteiger partial charge in [0.2, 0.25) is 5.91 Å². The summed E-state index contributed by atoms with van der Waals surface area (Å²) in [6, 6.07) is 9.12. The lowest BCUT2D eigenvalue weighted by Crippen LogP contribution is -2.58. The minimum absolute atomic E-state index is 0. The molecule has 0 bridgehead atoms. The summed E-state index contributed by atoms with van der Waals surface area (Å²) >= 11 is 0. The molecule has 1 saturated heterocycles. The molecule has 1 heterocycles. The Morgan fingerprint density at radius 1 is 1.14 bits per heavy atom. The van der Waals surface area contributed by atoms with Gasteiger partial charge in [0.25, 0.3) is 10.2 Å². The predicted octanol–water partition coefficient (Wildman–Crippen LogP) is -0.370. The number of amides is 1. The predicted molar refractivity (Wildman–Crippen MR) is 86.5 cm³/mol. The lowest BCUT2D eigenvalue weighted by Gasteiger charge is -2.37. The number of carbonyl (C=O) groups is 1. The molecule has 1 unspecified atom stereocenters. The summed E-state index contributed by atoms with van der Waals surface area (Å²) in [5.41, 5.74) is 5.78. The standard InChI is InChI=1S/C13H20N4O3S.ClH/c1-13(14,11-5-3-2-4-6-11)12(18)16-7-9-17(10-8-16)21(15,19)20;/h2-6H,7-10,14H2,1H3,(H2,15,19,20);1H. The van der Waals surface area contributed by atoms with Crippen LogP contribution in [0, 0.1) is 0 Å². The van der Waals surface area contributed by atoms with Gasteiger partial charge in [-0.25, -0.2) is 5.14 Å². The molecule has 1 amide bonds. The lowest BCUT2D eigenvalue weighted by molar-refractivity contribution is -0.138. The van der Waals surface area contributed by atoms with E-state index < -0.39 is 15.7 Å². The van der Waals surface area contributed by atoms with Gasteiger partial charge in [0, 0.05) is 26.2 Å². The number of carbonyl (C=O) groups excluding carboxylic acids is 1. The molecule has 7 nitrogen and oxygen atoms in total. The summed E-state index contributed by atoms with van der Waals surface area (Å²) in [7, 11) is -3.70. The van der Waals surface area contributed by atoms with Crippen molar-refractivity contribution in [3.05, 3.63) is 35.9 Å². The number of hydrogen-bond acceptors (Lipinski definition) is 4. The van der Waals surface area contributed by atoms with E-state index in [0.717, 1.165) is 9.87 Å². The van der Waals surface area contributed by atoms with E-state index in [9.17, 15) is 13.2 Å². The van der Waals surface area contributed by atoms with Crippen LogP contribution in [-0.4, -0.2) is 49.7 Å². The fourth-order valence-corrected chi connectivity index (χ4v) is 3.05. The molecule has 0 aliphatic carbocycles. The minimum atomic E-state index is -3.70. The van der Waals surface area contributed by atoms with Crippen molar-refractivity contribution < 1.29 is 13.2 Å². The lowest BCUT2D eigenvalue weighted by atomic mass is 9.91. The maximum atomic E-state index is 12.6. The van der Waals surface area contributed by atoms with Crippen LogP contribution in [0.5, 0.6) is 0 Å². The van der Waals surface area contributed by atoms with E-state index in [0.29, 0.717) is 0 Å². The Morgan fingerprint density at radius 3 is 2.09 bits per heavy atom. The normalized spacial score (nSPS) is 19.1. The molecule has 1 fully saturated rings. The zero-order chi connectivity index (χ0) is 15.7. The third kappa shape index (κ3) is 3.96. The SMILES string of the molecule is CC(N)(C(=O)N1CCN(S(N)(=O)=O)CC1)c1ccccc1.Cl. The Morgan fingerprint density at radius 2 is 1.64 bits per heavy atom. The van der Waals surface area contributed by atoms with E-state index >= 15 is 0 Å². The van der Waals surface area contributed by atoms with Crippen molar-refractivity contribution in [2.24, 2.45) is 10.9 Å². The molecule has 0 saturated carbocycles. The van der Waals surface area contributed by atoms with Crippen LogP contribution in [0.2, 0.25) is 0 Å². The maximum Gasteiger partial charge on any atom is 0.277 e. The van der Waals surface area contributed by atoms with E-state index in [4.69, 9.17) is 10.9 Å². The zero-order valence-corrected chi connectivity index (χ0v) is 13.9. The number of benzene rings is 1. The Hall–Kier alpha value is -1.19. The first-order valence-electron chi connectivity index (χ1n) is 6.64. The van der Waals surface area contributed by atoms with E-state index in [1.54, 1.807) is 24.0 Å². The topological polar surface area (TPSA) is 110 Å². The molecule has 9 heteroatoms. The number of halogens is 1. The quantitative estimate of drug-likeness (QED) is 0.776. The van der Waals surface area contributed by atoms with Crippen LogP contribution in [0.25, 0.3) is 0 Å². The Balaban J connectivity index is 0.00000242. The third-order valence-corrected chi connectivity index (χ3v) is 4.79. The van der Waals surface area contributed by atoms with Gasteiger partial charge in [-0.05, 0) is 12.5 Å². The van der Waals surface area contributed by atoms with Gasteiger partial charge in [0.1, 0.15) is 5.54 Å². The summed E-state index contributed by atoms with van der Waals surface area (Å²) in [4.78, 5) is 14.2. The average Bonchev–Trinajstić information content (AvgIpc) is 2.46. The van der Waals surface area contributed by atoms with Crippen molar-refractivity contribution in [2.45, 2.75) is 12.5 Å². The van der Waals surface area contributed by atoms with Crippen molar-refractivity contribution in [1.82, 2.24) is 9.21 Å². The molecule has 0 radical (unpaired) electrons. The van der Waals surface area contributed by atoms with Crippen molar-refractivity contribution in [3.63, 3.8) is 0 Å². The first-order chi connectivity index (χ1) is 9.73. The van der Waals surface area contributed by atoms with Gasteiger partial charge in [-0.2, -0.15) is 12.7 Å². The Bertz CT molecular complexity index is 613. The van der Waals surface area contributed by atoms with Crippen molar-refractivity contribution in [3.8, 4) is 0 Å². The molecule has 0 spiro atoms. The molecule has 1 aliphatic rings. The average molecular weight is 349 g/mol. The molecule has 2 rings (SSSR count). The fourth-order valence-electron chi connectivity index (χ4n) is 2.38. The summed E-state index contributed by atoms with van der Waals surface area (Å²) in [5.74, 6) is -0.220. The third-order valence-electron chi connectivity index (χ3n) is 3.70. The fraction of sp³-hybridized carbons (Fsp3) is 0.462. The summed E-state index contributed by atoms with van der Waals surface area (Å²) in [6.07, 6.45) is 0. The summed E-state index contributed by atoms with van der Waals surface area (Å²) in [5, 5.41) is 5.08. The van der Waals surface area contributed by atoms with Crippen molar-refractivity contribution in [1.29, 1.82) is 0 Å². The molecule has 1 atom stereocenters. The zero-order valence-electron chi connectivity index (χ0n) is 12.3. The largest absolute Gasteiger partial charge is 0.338 e. The van der Waals surface area contributed by atoms with Crippen LogP contribution in [0.3, 0.4) is 0 Å². The van der Waals surface area contributed by atoms with E-state index in [1.165, 1.54) is 0 Å². The van der Waals surface area contributed by atoms with Gasteiger partial charge in [-0.3, -0.25) is 4.79 Å². The van der Waals surface area contributed by atoms with Crippen molar-refractivity contribution in [2.75, 3.05) is 26.2 Å². The van der Waals surface area contributed by atoms with Crippen LogP contribution in [0.4, 0.5) is 0 Å². The monoisotopic (exact) mass is 348 g/mol. The first kappa shape index (κ1) is 18.9. The van der Waals surface area contributed by atoms with E-state index in [-0.39, 0.29) is 44.5 Å². The highest BCUT2D eigenvalue weighted by Gasteiger charge is 2.36. The van der Waals surface area contributed by atoms with Gasteiger partial charge < -0.3 is 10.6 Å². The van der Waals surface area contributed by atoms with Crippen LogP contribution < -0.4 is 10.9 Å². The van der Waals surface area contributed by atoms with Gasteiger partial charge >= 0.3 is 0 Å². The molecule has 4 N–H and O–H groups in total. The first-order valence-corrected chi connectivity index (χ1v) is 8.15. The highest BCUT2D eigenvalue weighted by Crippen LogP contribution is 2.21. The summed E-state index contributed by atoms with van der Waals surface area (Å²) in [6.45, 7) is 2.62. The second kappa shape index (κ2) is 6.93. The minimum Gasteiger partial charge on any atom is -0.338 e. The number of piperazine rings is 1. The number of nitrogens with two attached hydrogens (primary N) is 2. The molecular weight excluding hydrogens is 328 g/mol. The highest BCUT2D eigenvalue weighted by molar-refractivity contribution is 7.86. The number of rotatable bonds is 3. The number of hydrogen-bond donors (Lipinski definition) is 2. The highest BCUT2D eigenvalue weighted by atomic mass is 35.5. The molecular formula is C13H21ClN4O3S. The maximum absolute atomic E-state index is 12.6. The smallest absolute Gasteiger partial charge is 0.277 e. The van der Waals surface area contributed by atoms with Crippen LogP contribution in [0.1, 0.15) is 12.5 Å². The van der Waals surface area contributed by atoms with Crippen LogP contribution in [-0.2, 0) is 20.5 Å². The van der Waals surface area contributed by atoms with Crippen molar-refractivity contribution >= 4 is 28.5 Å². The van der Waals surface area contributed by atoms with Gasteiger partial charge in [-0.1, -0.05) is 30.3 Å². The van der Waals surface area contributed by atoms with E-state index in [2.05, 4.69) is 0 Å². The van der Waals surface area contributed by atoms with Crippen LogP contribution in [0.15, 0.2) is 30.3 Å². The Kier molecular flexibility index (Phi) is 5.94. The Labute approximate surface area is 136 Å². The molecule has 124 valence electrons. The van der Waals surface area contributed by atoms with Gasteiger partial charge in [0.05, 0.1) is 0 Å². The molecule has 22 heavy (non-hydrogen) atoms. The summed E-state index contributed by atoms with van der Waals surface area (Å²) < 4.78 is 23.7. The second-order valence-corrected chi connectivity index (χ2v) is 6.85. The molecule has 0 aromatic heterocycles.